The minimum atomic E-state index is -0.381. The predicted octanol–water partition coefficient (Wildman–Crippen LogP) is 1.05. The van der Waals surface area contributed by atoms with Crippen LogP contribution < -0.4 is 9.80 Å². The molecule has 1 fully saturated rings. The SMILES string of the molecule is Cn1ccnc1N1CCN(c2ncccc2[N+](=O)[O-])CC1. The van der Waals surface area contributed by atoms with Gasteiger partial charge < -0.3 is 14.4 Å². The maximum Gasteiger partial charge on any atom is 0.311 e. The number of imidazole rings is 1. The van der Waals surface area contributed by atoms with E-state index in [0.29, 0.717) is 18.9 Å². The van der Waals surface area contributed by atoms with E-state index in [9.17, 15) is 10.1 Å². The summed E-state index contributed by atoms with van der Waals surface area (Å²) in [6.07, 6.45) is 5.27. The van der Waals surface area contributed by atoms with Crippen molar-refractivity contribution in [1.29, 1.82) is 0 Å². The van der Waals surface area contributed by atoms with Gasteiger partial charge >= 0.3 is 5.69 Å². The molecule has 0 radical (unpaired) electrons. The summed E-state index contributed by atoms with van der Waals surface area (Å²) in [6, 6.07) is 3.08. The molecule has 0 bridgehead atoms. The highest BCUT2D eigenvalue weighted by Crippen LogP contribution is 2.26. The maximum atomic E-state index is 11.1. The van der Waals surface area contributed by atoms with Gasteiger partial charge in [-0.05, 0) is 6.07 Å². The maximum absolute atomic E-state index is 11.1. The van der Waals surface area contributed by atoms with Gasteiger partial charge in [-0.25, -0.2) is 9.97 Å². The molecule has 0 amide bonds. The van der Waals surface area contributed by atoms with E-state index in [1.165, 1.54) is 6.07 Å². The number of nitrogens with zero attached hydrogens (tertiary/aromatic N) is 6. The Kier molecular flexibility index (Phi) is 3.43. The second kappa shape index (κ2) is 5.39. The van der Waals surface area contributed by atoms with Crippen molar-refractivity contribution < 1.29 is 4.92 Å². The van der Waals surface area contributed by atoms with Gasteiger partial charge in [0.2, 0.25) is 11.8 Å². The third kappa shape index (κ3) is 2.51. The van der Waals surface area contributed by atoms with Crippen molar-refractivity contribution in [3.8, 4) is 0 Å². The number of hydrogen-bond donors (Lipinski definition) is 0. The zero-order chi connectivity index (χ0) is 14.8. The molecule has 110 valence electrons. The third-order valence-corrected chi connectivity index (χ3v) is 3.62. The standard InChI is InChI=1S/C13H16N6O2/c1-16-6-5-15-13(16)18-9-7-17(8-10-18)12-11(19(20)21)3-2-4-14-12/h2-6H,7-10H2,1H3. The Morgan fingerprint density at radius 3 is 2.48 bits per heavy atom. The van der Waals surface area contributed by atoms with Crippen molar-refractivity contribution in [2.75, 3.05) is 36.0 Å². The van der Waals surface area contributed by atoms with E-state index < -0.39 is 0 Å². The molecule has 0 saturated carbocycles. The van der Waals surface area contributed by atoms with Crippen molar-refractivity contribution >= 4 is 17.5 Å². The Balaban J connectivity index is 1.75. The highest BCUT2D eigenvalue weighted by atomic mass is 16.6. The van der Waals surface area contributed by atoms with Crippen molar-refractivity contribution in [2.45, 2.75) is 0 Å². The summed E-state index contributed by atoms with van der Waals surface area (Å²) in [5, 5.41) is 11.1. The van der Waals surface area contributed by atoms with Gasteiger partial charge in [0, 0.05) is 57.9 Å². The van der Waals surface area contributed by atoms with Gasteiger partial charge in [0.15, 0.2) is 0 Å². The average Bonchev–Trinajstić information content (AvgIpc) is 2.93. The summed E-state index contributed by atoms with van der Waals surface area (Å²) in [7, 11) is 1.96. The lowest BCUT2D eigenvalue weighted by atomic mass is 10.3. The molecule has 0 N–H and O–H groups in total. The van der Waals surface area contributed by atoms with Crippen molar-refractivity contribution in [1.82, 2.24) is 14.5 Å². The Morgan fingerprint density at radius 1 is 1.14 bits per heavy atom. The molecule has 1 aliphatic rings. The number of pyridine rings is 1. The van der Waals surface area contributed by atoms with Crippen molar-refractivity contribution in [3.63, 3.8) is 0 Å². The van der Waals surface area contributed by atoms with Crippen LogP contribution in [0.4, 0.5) is 17.5 Å². The summed E-state index contributed by atoms with van der Waals surface area (Å²) in [5.41, 5.74) is 0.0583. The summed E-state index contributed by atoms with van der Waals surface area (Å²) in [4.78, 5) is 23.3. The first kappa shape index (κ1) is 13.3. The highest BCUT2D eigenvalue weighted by molar-refractivity contribution is 5.58. The number of aryl methyl sites for hydroxylation is 1. The lowest BCUT2D eigenvalue weighted by molar-refractivity contribution is -0.384. The van der Waals surface area contributed by atoms with Crippen LogP contribution in [0.1, 0.15) is 0 Å². The fourth-order valence-electron chi connectivity index (χ4n) is 2.56. The Hall–Kier alpha value is -2.64. The fourth-order valence-corrected chi connectivity index (χ4v) is 2.56. The first-order valence-corrected chi connectivity index (χ1v) is 6.73. The van der Waals surface area contributed by atoms with E-state index in [-0.39, 0.29) is 10.6 Å². The largest absolute Gasteiger partial charge is 0.347 e. The van der Waals surface area contributed by atoms with Crippen LogP contribution in [0.5, 0.6) is 0 Å². The molecule has 0 unspecified atom stereocenters. The normalized spacial score (nSPS) is 15.3. The van der Waals surface area contributed by atoms with Gasteiger partial charge in [-0.15, -0.1) is 0 Å². The number of piperazine rings is 1. The van der Waals surface area contributed by atoms with Gasteiger partial charge in [-0.2, -0.15) is 0 Å². The van der Waals surface area contributed by atoms with Crippen LogP contribution in [-0.4, -0.2) is 45.6 Å². The Bertz CT molecular complexity index is 648. The minimum Gasteiger partial charge on any atom is -0.347 e. The summed E-state index contributed by atoms with van der Waals surface area (Å²) >= 11 is 0. The first-order chi connectivity index (χ1) is 10.2. The van der Waals surface area contributed by atoms with E-state index >= 15 is 0 Å². The second-order valence-corrected chi connectivity index (χ2v) is 4.92. The minimum absolute atomic E-state index is 0.0583. The quantitative estimate of drug-likeness (QED) is 0.620. The number of aromatic nitrogens is 3. The van der Waals surface area contributed by atoms with Crippen LogP contribution in [0.3, 0.4) is 0 Å². The first-order valence-electron chi connectivity index (χ1n) is 6.73. The summed E-state index contributed by atoms with van der Waals surface area (Å²) in [5.74, 6) is 1.37. The van der Waals surface area contributed by atoms with E-state index in [2.05, 4.69) is 14.9 Å². The fraction of sp³-hybridized carbons (Fsp3) is 0.385. The smallest absolute Gasteiger partial charge is 0.311 e. The van der Waals surface area contributed by atoms with Crippen LogP contribution in [0.15, 0.2) is 30.7 Å². The van der Waals surface area contributed by atoms with E-state index in [0.717, 1.165) is 19.0 Å². The van der Waals surface area contributed by atoms with E-state index in [1.54, 1.807) is 18.5 Å². The van der Waals surface area contributed by atoms with Gasteiger partial charge in [0.1, 0.15) is 0 Å². The van der Waals surface area contributed by atoms with Gasteiger partial charge in [-0.1, -0.05) is 0 Å². The molecule has 8 heteroatoms. The molecule has 0 atom stereocenters. The lowest BCUT2D eigenvalue weighted by Gasteiger charge is -2.35. The monoisotopic (exact) mass is 288 g/mol. The molecule has 3 heterocycles. The number of hydrogen-bond acceptors (Lipinski definition) is 6. The molecule has 21 heavy (non-hydrogen) atoms. The molecule has 3 rings (SSSR count). The molecular formula is C13H16N6O2. The Labute approximate surface area is 121 Å². The van der Waals surface area contributed by atoms with Crippen molar-refractivity contribution in [2.24, 2.45) is 7.05 Å². The topological polar surface area (TPSA) is 80.3 Å². The predicted molar refractivity (Wildman–Crippen MR) is 78.5 cm³/mol. The number of nitro groups is 1. The van der Waals surface area contributed by atoms with E-state index in [4.69, 9.17) is 0 Å². The molecule has 0 aromatic carbocycles. The number of anilines is 2. The summed E-state index contributed by atoms with van der Waals surface area (Å²) in [6.45, 7) is 2.90. The Morgan fingerprint density at radius 2 is 1.86 bits per heavy atom. The van der Waals surface area contributed by atoms with Crippen LogP contribution in [0.2, 0.25) is 0 Å². The van der Waals surface area contributed by atoms with Crippen LogP contribution in [-0.2, 0) is 7.05 Å². The van der Waals surface area contributed by atoms with Crippen LogP contribution >= 0.6 is 0 Å². The zero-order valence-electron chi connectivity index (χ0n) is 11.7. The second-order valence-electron chi connectivity index (χ2n) is 4.92. The molecule has 0 aliphatic carbocycles. The van der Waals surface area contributed by atoms with Crippen LogP contribution in [0, 0.1) is 10.1 Å². The zero-order valence-corrected chi connectivity index (χ0v) is 11.7. The van der Waals surface area contributed by atoms with Gasteiger partial charge in [-0.3, -0.25) is 10.1 Å². The lowest BCUT2D eigenvalue weighted by Crippen LogP contribution is -2.47. The van der Waals surface area contributed by atoms with Crippen LogP contribution in [0.25, 0.3) is 0 Å². The summed E-state index contributed by atoms with van der Waals surface area (Å²) < 4.78 is 1.97. The molecule has 1 aliphatic heterocycles. The van der Waals surface area contributed by atoms with Crippen molar-refractivity contribution in [3.05, 3.63) is 40.8 Å². The number of rotatable bonds is 3. The molecule has 0 spiro atoms. The highest BCUT2D eigenvalue weighted by Gasteiger charge is 2.25. The molecule has 8 nitrogen and oxygen atoms in total. The van der Waals surface area contributed by atoms with Gasteiger partial charge in [0.25, 0.3) is 0 Å². The third-order valence-electron chi connectivity index (χ3n) is 3.62. The average molecular weight is 288 g/mol. The molecule has 2 aromatic rings. The van der Waals surface area contributed by atoms with Gasteiger partial charge in [0.05, 0.1) is 4.92 Å². The molecule has 1 saturated heterocycles. The molecule has 2 aromatic heterocycles. The molecular weight excluding hydrogens is 272 g/mol. The van der Waals surface area contributed by atoms with E-state index in [1.807, 2.05) is 22.7 Å².